The Morgan fingerprint density at radius 3 is 2.31 bits per heavy atom. The molecule has 0 rings (SSSR count). The first-order chi connectivity index (χ1) is 7.52. The van der Waals surface area contributed by atoms with Gasteiger partial charge in [0.15, 0.2) is 0 Å². The Balaban J connectivity index is 3.62. The molecule has 16 heavy (non-hydrogen) atoms. The van der Waals surface area contributed by atoms with Gasteiger partial charge in [0.2, 0.25) is 5.91 Å². The van der Waals surface area contributed by atoms with Crippen molar-refractivity contribution in [3.8, 4) is 0 Å². The van der Waals surface area contributed by atoms with E-state index in [-0.39, 0.29) is 17.9 Å². The van der Waals surface area contributed by atoms with Crippen molar-refractivity contribution in [3.05, 3.63) is 0 Å². The number of amides is 1. The third kappa shape index (κ3) is 6.08. The molecule has 0 aromatic heterocycles. The van der Waals surface area contributed by atoms with E-state index in [0.29, 0.717) is 0 Å². The van der Waals surface area contributed by atoms with E-state index in [1.54, 1.807) is 0 Å². The van der Waals surface area contributed by atoms with Gasteiger partial charge >= 0.3 is 0 Å². The Labute approximate surface area is 99.6 Å². The van der Waals surface area contributed by atoms with Crippen molar-refractivity contribution in [1.29, 1.82) is 0 Å². The van der Waals surface area contributed by atoms with Gasteiger partial charge < -0.3 is 16.0 Å². The van der Waals surface area contributed by atoms with Crippen molar-refractivity contribution in [2.24, 2.45) is 11.7 Å². The van der Waals surface area contributed by atoms with Crippen LogP contribution in [0.4, 0.5) is 0 Å². The number of hydrogen-bond acceptors (Lipinski definition) is 3. The molecule has 0 saturated heterocycles. The van der Waals surface area contributed by atoms with E-state index in [0.717, 1.165) is 32.6 Å². The molecule has 0 aliphatic rings. The van der Waals surface area contributed by atoms with E-state index in [9.17, 15) is 4.79 Å². The van der Waals surface area contributed by atoms with Gasteiger partial charge in [0.05, 0.1) is 6.04 Å². The topological polar surface area (TPSA) is 58.4 Å². The summed E-state index contributed by atoms with van der Waals surface area (Å²) in [5, 5.41) is 2.88. The van der Waals surface area contributed by atoms with Gasteiger partial charge in [-0.15, -0.1) is 0 Å². The predicted molar refractivity (Wildman–Crippen MR) is 68.2 cm³/mol. The van der Waals surface area contributed by atoms with Crippen molar-refractivity contribution in [2.45, 2.75) is 40.2 Å². The van der Waals surface area contributed by atoms with Crippen LogP contribution in [0, 0.1) is 5.92 Å². The monoisotopic (exact) mass is 229 g/mol. The van der Waals surface area contributed by atoms with Gasteiger partial charge in [-0.2, -0.15) is 0 Å². The first-order valence-corrected chi connectivity index (χ1v) is 6.28. The maximum Gasteiger partial charge on any atom is 0.237 e. The standard InChI is InChI=1S/C12H27N3O/c1-5-15(6-2)9-7-8-14-12(16)11(13)10(3)4/h10-11H,5-9,13H2,1-4H3,(H,14,16). The normalized spacial score (nSPS) is 13.2. The van der Waals surface area contributed by atoms with Crippen LogP contribution in [0.15, 0.2) is 0 Å². The molecule has 0 saturated carbocycles. The third-order valence-electron chi connectivity index (χ3n) is 2.87. The van der Waals surface area contributed by atoms with Crippen molar-refractivity contribution in [2.75, 3.05) is 26.2 Å². The molecule has 1 unspecified atom stereocenters. The van der Waals surface area contributed by atoms with Crippen LogP contribution in [0.5, 0.6) is 0 Å². The van der Waals surface area contributed by atoms with Gasteiger partial charge in [0.25, 0.3) is 0 Å². The van der Waals surface area contributed by atoms with Gasteiger partial charge in [0, 0.05) is 6.54 Å². The lowest BCUT2D eigenvalue weighted by molar-refractivity contribution is -0.123. The van der Waals surface area contributed by atoms with E-state index >= 15 is 0 Å². The summed E-state index contributed by atoms with van der Waals surface area (Å²) < 4.78 is 0. The molecule has 0 fully saturated rings. The zero-order valence-corrected chi connectivity index (χ0v) is 11.1. The number of nitrogens with two attached hydrogens (primary N) is 1. The fraction of sp³-hybridized carbons (Fsp3) is 0.917. The van der Waals surface area contributed by atoms with Gasteiger partial charge in [-0.25, -0.2) is 0 Å². The van der Waals surface area contributed by atoms with Crippen LogP contribution in [-0.4, -0.2) is 43.0 Å². The van der Waals surface area contributed by atoms with Gasteiger partial charge in [0.1, 0.15) is 0 Å². The molecule has 0 radical (unpaired) electrons. The average molecular weight is 229 g/mol. The lowest BCUT2D eigenvalue weighted by atomic mass is 10.1. The molecule has 0 bridgehead atoms. The maximum atomic E-state index is 11.5. The lowest BCUT2D eigenvalue weighted by Gasteiger charge is -2.19. The van der Waals surface area contributed by atoms with Crippen LogP contribution in [0.25, 0.3) is 0 Å². The van der Waals surface area contributed by atoms with Crippen LogP contribution in [-0.2, 0) is 4.79 Å². The lowest BCUT2D eigenvalue weighted by Crippen LogP contribution is -2.44. The molecule has 0 aromatic carbocycles. The largest absolute Gasteiger partial charge is 0.355 e. The number of hydrogen-bond donors (Lipinski definition) is 2. The van der Waals surface area contributed by atoms with Crippen molar-refractivity contribution in [1.82, 2.24) is 10.2 Å². The molecule has 1 amide bonds. The van der Waals surface area contributed by atoms with Crippen molar-refractivity contribution in [3.63, 3.8) is 0 Å². The number of nitrogens with zero attached hydrogens (tertiary/aromatic N) is 1. The van der Waals surface area contributed by atoms with Crippen LogP contribution in [0.2, 0.25) is 0 Å². The fourth-order valence-corrected chi connectivity index (χ4v) is 1.47. The Morgan fingerprint density at radius 1 is 1.31 bits per heavy atom. The first kappa shape index (κ1) is 15.4. The maximum absolute atomic E-state index is 11.5. The molecule has 1 atom stereocenters. The van der Waals surface area contributed by atoms with Crippen molar-refractivity contribution >= 4 is 5.91 Å². The summed E-state index contributed by atoms with van der Waals surface area (Å²) in [6, 6.07) is -0.381. The summed E-state index contributed by atoms with van der Waals surface area (Å²) in [6.45, 7) is 12.1. The second-order valence-corrected chi connectivity index (χ2v) is 4.44. The molecule has 4 nitrogen and oxygen atoms in total. The van der Waals surface area contributed by atoms with Crippen molar-refractivity contribution < 1.29 is 4.79 Å². The molecule has 0 aromatic rings. The van der Waals surface area contributed by atoms with E-state index in [2.05, 4.69) is 24.1 Å². The first-order valence-electron chi connectivity index (χ1n) is 6.28. The van der Waals surface area contributed by atoms with Crippen LogP contribution in [0.3, 0.4) is 0 Å². The highest BCUT2D eigenvalue weighted by atomic mass is 16.2. The van der Waals surface area contributed by atoms with Crippen LogP contribution < -0.4 is 11.1 Å². The minimum atomic E-state index is -0.381. The Bertz CT molecular complexity index is 191. The summed E-state index contributed by atoms with van der Waals surface area (Å²) >= 11 is 0. The molecular weight excluding hydrogens is 202 g/mol. The zero-order chi connectivity index (χ0) is 12.6. The summed E-state index contributed by atoms with van der Waals surface area (Å²) in [6.07, 6.45) is 0.984. The fourth-order valence-electron chi connectivity index (χ4n) is 1.47. The second-order valence-electron chi connectivity index (χ2n) is 4.44. The summed E-state index contributed by atoms with van der Waals surface area (Å²) in [5.74, 6) is 0.164. The summed E-state index contributed by atoms with van der Waals surface area (Å²) in [7, 11) is 0. The molecule has 0 spiro atoms. The van der Waals surface area contributed by atoms with Crippen LogP contribution in [0.1, 0.15) is 34.1 Å². The Hall–Kier alpha value is -0.610. The SMILES string of the molecule is CCN(CC)CCCNC(=O)C(N)C(C)C. The van der Waals surface area contributed by atoms with E-state index in [1.165, 1.54) is 0 Å². The third-order valence-corrected chi connectivity index (χ3v) is 2.87. The highest BCUT2D eigenvalue weighted by Crippen LogP contribution is 1.97. The van der Waals surface area contributed by atoms with Gasteiger partial charge in [-0.3, -0.25) is 4.79 Å². The second kappa shape index (κ2) is 8.53. The number of carbonyl (C=O) groups excluding carboxylic acids is 1. The smallest absolute Gasteiger partial charge is 0.237 e. The predicted octanol–water partition coefficient (Wildman–Crippen LogP) is 0.818. The Kier molecular flexibility index (Phi) is 8.21. The molecular formula is C12H27N3O. The number of nitrogens with one attached hydrogen (secondary N) is 1. The summed E-state index contributed by atoms with van der Waals surface area (Å²) in [5.41, 5.74) is 5.73. The molecule has 4 heteroatoms. The molecule has 0 aliphatic heterocycles. The molecule has 3 N–H and O–H groups in total. The van der Waals surface area contributed by atoms with E-state index < -0.39 is 0 Å². The zero-order valence-electron chi connectivity index (χ0n) is 11.1. The minimum absolute atomic E-state index is 0.0328. The highest BCUT2D eigenvalue weighted by molar-refractivity contribution is 5.81. The van der Waals surface area contributed by atoms with Gasteiger partial charge in [-0.1, -0.05) is 27.7 Å². The quantitative estimate of drug-likeness (QED) is 0.606. The molecule has 0 heterocycles. The van der Waals surface area contributed by atoms with E-state index in [1.807, 2.05) is 13.8 Å². The molecule has 0 aliphatic carbocycles. The average Bonchev–Trinajstić information content (AvgIpc) is 2.27. The molecule has 96 valence electrons. The Morgan fingerprint density at radius 2 is 1.88 bits per heavy atom. The summed E-state index contributed by atoms with van der Waals surface area (Å²) in [4.78, 5) is 13.9. The highest BCUT2D eigenvalue weighted by Gasteiger charge is 2.16. The number of rotatable bonds is 8. The van der Waals surface area contributed by atoms with Crippen LogP contribution >= 0.6 is 0 Å². The number of carbonyl (C=O) groups is 1. The van der Waals surface area contributed by atoms with E-state index in [4.69, 9.17) is 5.73 Å². The minimum Gasteiger partial charge on any atom is -0.355 e. The van der Waals surface area contributed by atoms with Gasteiger partial charge in [-0.05, 0) is 32.0 Å².